The molecule has 0 saturated carbocycles. The van der Waals surface area contributed by atoms with Crippen molar-refractivity contribution in [2.45, 2.75) is 19.1 Å². The second kappa shape index (κ2) is 10.4. The monoisotopic (exact) mass is 457 g/mol. The van der Waals surface area contributed by atoms with Gasteiger partial charge in [-0.05, 0) is 37.3 Å². The number of carbonyl (C=O) groups excluding carboxylic acids is 1. The van der Waals surface area contributed by atoms with Crippen molar-refractivity contribution in [1.82, 2.24) is 10.2 Å². The Balaban J connectivity index is 1.69. The zero-order valence-electron chi connectivity index (χ0n) is 19.1. The van der Waals surface area contributed by atoms with Crippen LogP contribution in [0.15, 0.2) is 36.4 Å². The molecule has 9 heteroatoms. The predicted molar refractivity (Wildman–Crippen MR) is 127 cm³/mol. The van der Waals surface area contributed by atoms with Crippen LogP contribution in [0.2, 0.25) is 0 Å². The molecule has 2 aliphatic heterocycles. The predicted octanol–water partition coefficient (Wildman–Crippen LogP) is 2.24. The summed E-state index contributed by atoms with van der Waals surface area (Å²) < 4.78 is 19.3. The number of rotatable bonds is 7. The molecule has 0 aliphatic carbocycles. The van der Waals surface area contributed by atoms with E-state index in [0.29, 0.717) is 24.5 Å². The van der Waals surface area contributed by atoms with Crippen LogP contribution in [-0.4, -0.2) is 75.1 Å². The molecule has 1 fully saturated rings. The number of fused-ring (bicyclic) bond motifs is 1. The van der Waals surface area contributed by atoms with Crippen molar-refractivity contribution in [2.75, 3.05) is 68.6 Å². The molecule has 2 atom stereocenters. The summed E-state index contributed by atoms with van der Waals surface area (Å²) in [5.41, 5.74) is 3.99. The van der Waals surface area contributed by atoms with Gasteiger partial charge in [0.2, 0.25) is 0 Å². The number of ether oxygens (including phenoxy) is 1. The van der Waals surface area contributed by atoms with Crippen molar-refractivity contribution in [3.05, 3.63) is 53.3 Å². The fourth-order valence-electron chi connectivity index (χ4n) is 4.56. The number of hydrogen-bond donors (Lipinski definition) is 4. The highest BCUT2D eigenvalue weighted by molar-refractivity contribution is 5.97. The summed E-state index contributed by atoms with van der Waals surface area (Å²) in [6.07, 6.45) is 0.149. The lowest BCUT2D eigenvalue weighted by atomic mass is 9.97. The van der Waals surface area contributed by atoms with E-state index in [1.807, 2.05) is 25.1 Å². The van der Waals surface area contributed by atoms with Crippen LogP contribution < -0.4 is 20.9 Å². The van der Waals surface area contributed by atoms with Gasteiger partial charge in [0.15, 0.2) is 0 Å². The SMILES string of the molecule is C[C@H](Nc1cccc(F)c1)c1cc(C(=O)NCCO)cc2c1N(C)C(N1CCOCC1)CN2. The zero-order valence-corrected chi connectivity index (χ0v) is 19.1. The van der Waals surface area contributed by atoms with Gasteiger partial charge in [0.1, 0.15) is 5.82 Å². The Morgan fingerprint density at radius 2 is 2.09 bits per heavy atom. The van der Waals surface area contributed by atoms with Crippen LogP contribution in [0.4, 0.5) is 21.5 Å². The van der Waals surface area contributed by atoms with E-state index in [-0.39, 0.29) is 37.1 Å². The molecule has 0 bridgehead atoms. The van der Waals surface area contributed by atoms with Gasteiger partial charge in [-0.25, -0.2) is 4.39 Å². The van der Waals surface area contributed by atoms with Gasteiger partial charge in [0, 0.05) is 50.0 Å². The normalized spacial score (nSPS) is 19.4. The summed E-state index contributed by atoms with van der Waals surface area (Å²) in [6, 6.07) is 9.89. The average Bonchev–Trinajstić information content (AvgIpc) is 2.82. The van der Waals surface area contributed by atoms with Crippen molar-refractivity contribution >= 4 is 23.0 Å². The Morgan fingerprint density at radius 3 is 2.82 bits per heavy atom. The molecular weight excluding hydrogens is 425 g/mol. The number of halogens is 1. The molecule has 2 aromatic rings. The first-order valence-corrected chi connectivity index (χ1v) is 11.4. The van der Waals surface area contributed by atoms with E-state index >= 15 is 0 Å². The fourth-order valence-corrected chi connectivity index (χ4v) is 4.56. The van der Waals surface area contributed by atoms with Gasteiger partial charge in [-0.15, -0.1) is 0 Å². The number of aliphatic hydroxyl groups is 1. The Labute approximate surface area is 193 Å². The number of nitrogens with one attached hydrogen (secondary N) is 3. The molecule has 1 unspecified atom stereocenters. The van der Waals surface area contributed by atoms with Crippen LogP contribution in [0.25, 0.3) is 0 Å². The van der Waals surface area contributed by atoms with E-state index in [1.54, 1.807) is 6.07 Å². The molecule has 2 aliphatic rings. The van der Waals surface area contributed by atoms with Crippen LogP contribution in [0.5, 0.6) is 0 Å². The van der Waals surface area contributed by atoms with Crippen LogP contribution in [0, 0.1) is 5.82 Å². The molecular formula is C24H32FN5O3. The van der Waals surface area contributed by atoms with Crippen LogP contribution in [0.1, 0.15) is 28.9 Å². The Morgan fingerprint density at radius 1 is 1.30 bits per heavy atom. The van der Waals surface area contributed by atoms with Crippen molar-refractivity contribution < 1.29 is 19.0 Å². The van der Waals surface area contributed by atoms with Crippen molar-refractivity contribution in [3.8, 4) is 0 Å². The lowest BCUT2D eigenvalue weighted by Gasteiger charge is -2.45. The Hall–Kier alpha value is -2.88. The third kappa shape index (κ3) is 5.21. The summed E-state index contributed by atoms with van der Waals surface area (Å²) in [4.78, 5) is 17.4. The molecule has 33 heavy (non-hydrogen) atoms. The molecule has 1 saturated heterocycles. The quantitative estimate of drug-likeness (QED) is 0.507. The maximum atomic E-state index is 13.8. The number of carbonyl (C=O) groups is 1. The number of likely N-dealkylation sites (N-methyl/N-ethyl adjacent to an activating group) is 1. The van der Waals surface area contributed by atoms with E-state index in [4.69, 9.17) is 9.84 Å². The molecule has 4 N–H and O–H groups in total. The first-order valence-electron chi connectivity index (χ1n) is 11.4. The highest BCUT2D eigenvalue weighted by atomic mass is 19.1. The van der Waals surface area contributed by atoms with Gasteiger partial charge < -0.3 is 30.7 Å². The number of amides is 1. The van der Waals surface area contributed by atoms with E-state index in [1.165, 1.54) is 12.1 Å². The molecule has 8 nitrogen and oxygen atoms in total. The van der Waals surface area contributed by atoms with Crippen LogP contribution in [-0.2, 0) is 4.74 Å². The van der Waals surface area contributed by atoms with Gasteiger partial charge in [0.25, 0.3) is 5.91 Å². The smallest absolute Gasteiger partial charge is 0.251 e. The van der Waals surface area contributed by atoms with Crippen molar-refractivity contribution in [3.63, 3.8) is 0 Å². The van der Waals surface area contributed by atoms with Crippen molar-refractivity contribution in [1.29, 1.82) is 0 Å². The third-order valence-electron chi connectivity index (χ3n) is 6.22. The standard InChI is InChI=1S/C24H32FN5O3/c1-16(28-19-5-3-4-18(25)14-19)20-12-17(24(32)26-6-9-31)13-21-23(20)29(2)22(15-27-21)30-7-10-33-11-8-30/h3-5,12-14,16,22,27-28,31H,6-11,15H2,1-2H3,(H,26,32)/t16-,22?/m0/s1. The number of nitrogens with zero attached hydrogens (tertiary/aromatic N) is 2. The first-order chi connectivity index (χ1) is 16.0. The second-order valence-corrected chi connectivity index (χ2v) is 8.44. The lowest BCUT2D eigenvalue weighted by Crippen LogP contribution is -2.56. The summed E-state index contributed by atoms with van der Waals surface area (Å²) in [6.45, 7) is 5.94. The Bertz CT molecular complexity index is 983. The molecule has 178 valence electrons. The highest BCUT2D eigenvalue weighted by Gasteiger charge is 2.32. The number of anilines is 3. The van der Waals surface area contributed by atoms with E-state index in [0.717, 1.165) is 36.6 Å². The second-order valence-electron chi connectivity index (χ2n) is 8.44. The minimum absolute atomic E-state index is 0.122. The minimum atomic E-state index is -0.308. The van der Waals surface area contributed by atoms with Gasteiger partial charge in [-0.3, -0.25) is 9.69 Å². The van der Waals surface area contributed by atoms with Gasteiger partial charge in [0.05, 0.1) is 43.4 Å². The maximum absolute atomic E-state index is 13.8. The zero-order chi connectivity index (χ0) is 23.4. The number of morpholine rings is 1. The molecule has 2 aromatic carbocycles. The van der Waals surface area contributed by atoms with Crippen LogP contribution in [0.3, 0.4) is 0 Å². The summed E-state index contributed by atoms with van der Waals surface area (Å²) >= 11 is 0. The average molecular weight is 458 g/mol. The van der Waals surface area contributed by atoms with Gasteiger partial charge in [-0.1, -0.05) is 6.07 Å². The fraction of sp³-hybridized carbons (Fsp3) is 0.458. The highest BCUT2D eigenvalue weighted by Crippen LogP contribution is 2.40. The van der Waals surface area contributed by atoms with Gasteiger partial charge in [-0.2, -0.15) is 0 Å². The number of benzene rings is 2. The summed E-state index contributed by atoms with van der Waals surface area (Å²) in [5, 5.41) is 18.7. The molecule has 0 aromatic heterocycles. The van der Waals surface area contributed by atoms with Crippen molar-refractivity contribution in [2.24, 2.45) is 0 Å². The number of hydrogen-bond acceptors (Lipinski definition) is 7. The maximum Gasteiger partial charge on any atom is 0.251 e. The minimum Gasteiger partial charge on any atom is -0.395 e. The molecule has 1 amide bonds. The number of aliphatic hydroxyl groups excluding tert-OH is 1. The molecule has 0 radical (unpaired) electrons. The van der Waals surface area contributed by atoms with E-state index in [2.05, 4.69) is 32.8 Å². The summed E-state index contributed by atoms with van der Waals surface area (Å²) in [5.74, 6) is -0.552. The third-order valence-corrected chi connectivity index (χ3v) is 6.22. The molecule has 0 spiro atoms. The molecule has 2 heterocycles. The Kier molecular flexibility index (Phi) is 7.32. The lowest BCUT2D eigenvalue weighted by molar-refractivity contribution is 0.0189. The first kappa shape index (κ1) is 23.3. The van der Waals surface area contributed by atoms with Gasteiger partial charge >= 0.3 is 0 Å². The van der Waals surface area contributed by atoms with E-state index < -0.39 is 0 Å². The summed E-state index contributed by atoms with van der Waals surface area (Å²) in [7, 11) is 2.07. The molecule has 4 rings (SSSR count). The van der Waals surface area contributed by atoms with Crippen LogP contribution >= 0.6 is 0 Å². The topological polar surface area (TPSA) is 89.1 Å². The van der Waals surface area contributed by atoms with E-state index in [9.17, 15) is 9.18 Å². The largest absolute Gasteiger partial charge is 0.395 e.